The average molecular weight is 213 g/mol. The zero-order valence-electron chi connectivity index (χ0n) is 7.92. The van der Waals surface area contributed by atoms with Crippen LogP contribution in [0.2, 0.25) is 0 Å². The molecule has 0 aromatic carbocycles. The number of aliphatic hydroxyl groups excluding tert-OH is 1. The molecule has 2 amide bonds. The average Bonchev–Trinajstić information content (AvgIpc) is 2.85. The second-order valence-electron chi connectivity index (χ2n) is 3.99. The summed E-state index contributed by atoms with van der Waals surface area (Å²) in [4.78, 5) is 34.1. The number of amides is 2. The molecule has 0 radical (unpaired) electrons. The van der Waals surface area contributed by atoms with Crippen LogP contribution in [0.15, 0.2) is 0 Å². The van der Waals surface area contributed by atoms with Crippen molar-refractivity contribution in [2.24, 2.45) is 11.8 Å². The maximum atomic E-state index is 11.4. The van der Waals surface area contributed by atoms with E-state index in [1.165, 1.54) is 0 Å². The Balaban J connectivity index is 1.92. The monoisotopic (exact) mass is 213 g/mol. The first-order valence-corrected chi connectivity index (χ1v) is 4.75. The van der Waals surface area contributed by atoms with Crippen molar-refractivity contribution in [3.8, 4) is 0 Å². The van der Waals surface area contributed by atoms with Gasteiger partial charge in [0.1, 0.15) is 0 Å². The first-order chi connectivity index (χ1) is 7.00. The van der Waals surface area contributed by atoms with Crippen LogP contribution in [0.4, 0.5) is 0 Å². The van der Waals surface area contributed by atoms with Crippen LogP contribution in [0.1, 0.15) is 12.8 Å². The summed E-state index contributed by atoms with van der Waals surface area (Å²) < 4.78 is 0. The molecule has 1 saturated carbocycles. The summed E-state index contributed by atoms with van der Waals surface area (Å²) in [7, 11) is 0. The van der Waals surface area contributed by atoms with Gasteiger partial charge in [0.15, 0.2) is 0 Å². The molecule has 1 aliphatic carbocycles. The normalized spacial score (nSPS) is 30.3. The molecule has 3 unspecified atom stereocenters. The SMILES string of the molecule is O=C(O)CC(O)CN1C(=O)C2CC2C1=O. The number of carboxylic acids is 1. The lowest BCUT2D eigenvalue weighted by Gasteiger charge is -2.19. The number of fused-ring (bicyclic) bond motifs is 1. The number of carbonyl (C=O) groups is 3. The van der Waals surface area contributed by atoms with E-state index in [0.29, 0.717) is 6.42 Å². The van der Waals surface area contributed by atoms with Gasteiger partial charge in [-0.3, -0.25) is 19.3 Å². The third-order valence-electron chi connectivity index (χ3n) is 2.76. The van der Waals surface area contributed by atoms with Crippen molar-refractivity contribution in [1.29, 1.82) is 0 Å². The molecule has 1 heterocycles. The first kappa shape index (κ1) is 10.1. The maximum Gasteiger partial charge on any atom is 0.306 e. The molecule has 1 saturated heterocycles. The zero-order chi connectivity index (χ0) is 11.2. The lowest BCUT2D eigenvalue weighted by Crippen LogP contribution is -2.39. The Morgan fingerprint density at radius 2 is 1.93 bits per heavy atom. The van der Waals surface area contributed by atoms with Crippen LogP contribution in [-0.4, -0.2) is 45.5 Å². The molecule has 0 bridgehead atoms. The number of hydrogen-bond donors (Lipinski definition) is 2. The summed E-state index contributed by atoms with van der Waals surface area (Å²) in [5.74, 6) is -2.08. The van der Waals surface area contributed by atoms with Crippen molar-refractivity contribution in [1.82, 2.24) is 4.90 Å². The summed E-state index contributed by atoms with van der Waals surface area (Å²) in [6.07, 6.45) is -1.01. The van der Waals surface area contributed by atoms with E-state index in [9.17, 15) is 19.5 Å². The minimum Gasteiger partial charge on any atom is -0.481 e. The third kappa shape index (κ3) is 1.72. The second kappa shape index (κ2) is 3.30. The number of rotatable bonds is 4. The molecule has 2 N–H and O–H groups in total. The molecule has 15 heavy (non-hydrogen) atoms. The molecule has 1 aliphatic heterocycles. The van der Waals surface area contributed by atoms with E-state index in [-0.39, 0.29) is 30.2 Å². The summed E-state index contributed by atoms with van der Waals surface area (Å²) >= 11 is 0. The number of nitrogens with zero attached hydrogens (tertiary/aromatic N) is 1. The Morgan fingerprint density at radius 1 is 1.40 bits per heavy atom. The number of likely N-dealkylation sites (tertiary alicyclic amines) is 1. The van der Waals surface area contributed by atoms with Crippen molar-refractivity contribution in [2.45, 2.75) is 18.9 Å². The zero-order valence-corrected chi connectivity index (χ0v) is 7.92. The number of hydrogen-bond acceptors (Lipinski definition) is 4. The van der Waals surface area contributed by atoms with E-state index in [4.69, 9.17) is 5.11 Å². The predicted molar refractivity (Wildman–Crippen MR) is 46.6 cm³/mol. The van der Waals surface area contributed by atoms with E-state index in [1.54, 1.807) is 0 Å². The minimum absolute atomic E-state index is 0.197. The molecule has 2 fully saturated rings. The third-order valence-corrected chi connectivity index (χ3v) is 2.76. The number of carboxylic acid groups (broad SMARTS) is 1. The van der Waals surface area contributed by atoms with Gasteiger partial charge in [0.2, 0.25) is 11.8 Å². The van der Waals surface area contributed by atoms with Crippen LogP contribution < -0.4 is 0 Å². The topological polar surface area (TPSA) is 94.9 Å². The highest BCUT2D eigenvalue weighted by Crippen LogP contribution is 2.46. The highest BCUT2D eigenvalue weighted by atomic mass is 16.4. The molecule has 0 aromatic rings. The Hall–Kier alpha value is -1.43. The summed E-state index contributed by atoms with van der Waals surface area (Å²) in [5, 5.41) is 17.7. The Kier molecular flexibility index (Phi) is 2.22. The first-order valence-electron chi connectivity index (χ1n) is 4.75. The van der Waals surface area contributed by atoms with Gasteiger partial charge < -0.3 is 10.2 Å². The van der Waals surface area contributed by atoms with Gasteiger partial charge in [-0.05, 0) is 6.42 Å². The molecule has 82 valence electrons. The maximum absolute atomic E-state index is 11.4. The van der Waals surface area contributed by atoms with Gasteiger partial charge in [-0.15, -0.1) is 0 Å². The number of carbonyl (C=O) groups excluding carboxylic acids is 2. The van der Waals surface area contributed by atoms with Crippen LogP contribution in [0.25, 0.3) is 0 Å². The highest BCUT2D eigenvalue weighted by Gasteiger charge is 2.58. The number of aliphatic hydroxyl groups is 1. The predicted octanol–water partition coefficient (Wildman–Crippen LogP) is -1.17. The summed E-state index contributed by atoms with van der Waals surface area (Å²) in [6.45, 7) is -0.197. The fourth-order valence-electron chi connectivity index (χ4n) is 1.91. The lowest BCUT2D eigenvalue weighted by molar-refractivity contribution is -0.146. The smallest absolute Gasteiger partial charge is 0.306 e. The lowest BCUT2D eigenvalue weighted by atomic mass is 10.2. The fraction of sp³-hybridized carbons (Fsp3) is 0.667. The minimum atomic E-state index is -1.17. The van der Waals surface area contributed by atoms with E-state index in [0.717, 1.165) is 4.90 Å². The molecule has 0 spiro atoms. The number of β-amino-alcohol motifs (C(OH)–C–C–N with tert-alkyl or cyclic N) is 1. The summed E-state index contributed by atoms with van der Waals surface area (Å²) in [6, 6.07) is 0. The van der Waals surface area contributed by atoms with Crippen molar-refractivity contribution < 1.29 is 24.6 Å². The largest absolute Gasteiger partial charge is 0.481 e. The van der Waals surface area contributed by atoms with Gasteiger partial charge in [0.05, 0.1) is 30.9 Å². The van der Waals surface area contributed by atoms with E-state index in [1.807, 2.05) is 0 Å². The molecule has 6 nitrogen and oxygen atoms in total. The van der Waals surface area contributed by atoms with Crippen LogP contribution in [0, 0.1) is 11.8 Å². The van der Waals surface area contributed by atoms with Gasteiger partial charge in [0, 0.05) is 0 Å². The number of imide groups is 1. The fourth-order valence-corrected chi connectivity index (χ4v) is 1.91. The van der Waals surface area contributed by atoms with E-state index >= 15 is 0 Å². The molecular formula is C9H11NO5. The Bertz CT molecular complexity index is 319. The molecular weight excluding hydrogens is 202 g/mol. The molecule has 2 rings (SSSR count). The standard InChI is InChI=1S/C9H11NO5/c11-4(1-7(12)13)3-10-8(14)5-2-6(5)9(10)15/h4-6,11H,1-3H2,(H,12,13). The van der Waals surface area contributed by atoms with Crippen molar-refractivity contribution in [3.63, 3.8) is 0 Å². The van der Waals surface area contributed by atoms with Crippen molar-refractivity contribution in [3.05, 3.63) is 0 Å². The highest BCUT2D eigenvalue weighted by molar-refractivity contribution is 6.08. The molecule has 6 heteroatoms. The van der Waals surface area contributed by atoms with Crippen LogP contribution in [-0.2, 0) is 14.4 Å². The summed E-state index contributed by atoms with van der Waals surface area (Å²) in [5.41, 5.74) is 0. The second-order valence-corrected chi connectivity index (χ2v) is 3.99. The van der Waals surface area contributed by atoms with Gasteiger partial charge in [-0.2, -0.15) is 0 Å². The van der Waals surface area contributed by atoms with Gasteiger partial charge in [-0.1, -0.05) is 0 Å². The Labute approximate surface area is 85.5 Å². The van der Waals surface area contributed by atoms with Crippen LogP contribution in [0.5, 0.6) is 0 Å². The molecule has 0 aromatic heterocycles. The van der Waals surface area contributed by atoms with Gasteiger partial charge >= 0.3 is 5.97 Å². The number of aliphatic carboxylic acids is 1. The van der Waals surface area contributed by atoms with Crippen molar-refractivity contribution >= 4 is 17.8 Å². The molecule has 3 atom stereocenters. The van der Waals surface area contributed by atoms with Crippen LogP contribution >= 0.6 is 0 Å². The molecule has 2 aliphatic rings. The van der Waals surface area contributed by atoms with E-state index in [2.05, 4.69) is 0 Å². The Morgan fingerprint density at radius 3 is 2.40 bits per heavy atom. The number of piperidine rings is 1. The van der Waals surface area contributed by atoms with Crippen LogP contribution in [0.3, 0.4) is 0 Å². The van der Waals surface area contributed by atoms with Crippen molar-refractivity contribution in [2.75, 3.05) is 6.54 Å². The van der Waals surface area contributed by atoms with Gasteiger partial charge in [-0.25, -0.2) is 0 Å². The van der Waals surface area contributed by atoms with Gasteiger partial charge in [0.25, 0.3) is 0 Å². The quantitative estimate of drug-likeness (QED) is 0.573. The van der Waals surface area contributed by atoms with E-state index < -0.39 is 18.5 Å².